The number of carbonyl (C=O) groups is 2. The molecule has 8 nitrogen and oxygen atoms in total. The quantitative estimate of drug-likeness (QED) is 0.688. The van der Waals surface area contributed by atoms with Crippen LogP contribution < -0.4 is 4.72 Å². The average molecular weight is 444 g/mol. The highest BCUT2D eigenvalue weighted by Crippen LogP contribution is 2.26. The topological polar surface area (TPSA) is 107 Å². The zero-order valence-electron chi connectivity index (χ0n) is 17.2. The minimum atomic E-state index is -3.87. The van der Waals surface area contributed by atoms with Crippen molar-refractivity contribution in [3.63, 3.8) is 0 Å². The standard InChI is InChI=1S/C22H25N3O5S/c1-24(19(16-5-3-2-4-6-16)14-25-10-9-17(26)13-25)21(27)12-15-7-8-18-20(11-15)31(29,30)23-22(18)28/h2-8,11,17,19,26H,9-10,12-14H2,1H3,(H,23,28)/t17-,19?/m0/s1. The van der Waals surface area contributed by atoms with Crippen LogP contribution in [-0.2, 0) is 21.2 Å². The lowest BCUT2D eigenvalue weighted by Gasteiger charge is -2.32. The first kappa shape index (κ1) is 21.5. The van der Waals surface area contributed by atoms with Crippen LogP contribution in [0.25, 0.3) is 0 Å². The molecule has 9 heteroatoms. The summed E-state index contributed by atoms with van der Waals surface area (Å²) in [5.41, 5.74) is 1.62. The predicted molar refractivity (Wildman–Crippen MR) is 114 cm³/mol. The highest BCUT2D eigenvalue weighted by molar-refractivity contribution is 7.90. The lowest BCUT2D eigenvalue weighted by atomic mass is 10.0. The van der Waals surface area contributed by atoms with Crippen LogP contribution >= 0.6 is 0 Å². The van der Waals surface area contributed by atoms with Gasteiger partial charge in [-0.2, -0.15) is 0 Å². The molecule has 2 heterocycles. The molecule has 1 saturated heterocycles. The van der Waals surface area contributed by atoms with Crippen LogP contribution in [0.1, 0.15) is 33.9 Å². The molecule has 2 aliphatic heterocycles. The number of aliphatic hydroxyl groups is 1. The number of hydrogen-bond acceptors (Lipinski definition) is 6. The monoisotopic (exact) mass is 443 g/mol. The Morgan fingerprint density at radius 3 is 2.68 bits per heavy atom. The maximum absolute atomic E-state index is 13.1. The van der Waals surface area contributed by atoms with Gasteiger partial charge in [0.15, 0.2) is 0 Å². The number of likely N-dealkylation sites (N-methyl/N-ethyl adjacent to an activating group) is 1. The number of sulfonamides is 1. The number of fused-ring (bicyclic) bond motifs is 1. The second-order valence-electron chi connectivity index (χ2n) is 8.08. The van der Waals surface area contributed by atoms with E-state index < -0.39 is 15.9 Å². The molecule has 2 atom stereocenters. The zero-order chi connectivity index (χ0) is 22.2. The van der Waals surface area contributed by atoms with E-state index in [1.165, 1.54) is 12.1 Å². The van der Waals surface area contributed by atoms with Crippen molar-refractivity contribution in [1.82, 2.24) is 14.5 Å². The van der Waals surface area contributed by atoms with Gasteiger partial charge in [-0.05, 0) is 29.7 Å². The third kappa shape index (κ3) is 4.48. The molecule has 4 rings (SSSR count). The van der Waals surface area contributed by atoms with Crippen LogP contribution in [0, 0.1) is 0 Å². The molecule has 0 spiro atoms. The fourth-order valence-corrected chi connectivity index (χ4v) is 5.36. The van der Waals surface area contributed by atoms with Crippen molar-refractivity contribution in [2.75, 3.05) is 26.7 Å². The van der Waals surface area contributed by atoms with E-state index in [9.17, 15) is 23.1 Å². The van der Waals surface area contributed by atoms with Gasteiger partial charge >= 0.3 is 0 Å². The molecule has 2 aromatic rings. The van der Waals surface area contributed by atoms with Crippen molar-refractivity contribution < 1.29 is 23.1 Å². The Morgan fingerprint density at radius 1 is 1.26 bits per heavy atom. The van der Waals surface area contributed by atoms with Gasteiger partial charge < -0.3 is 10.0 Å². The molecule has 2 aliphatic rings. The summed E-state index contributed by atoms with van der Waals surface area (Å²) < 4.78 is 26.1. The minimum absolute atomic E-state index is 0.0133. The van der Waals surface area contributed by atoms with Crippen LogP contribution in [0.4, 0.5) is 0 Å². The van der Waals surface area contributed by atoms with Crippen molar-refractivity contribution in [3.05, 3.63) is 65.2 Å². The van der Waals surface area contributed by atoms with Gasteiger partial charge in [0.1, 0.15) is 4.90 Å². The fraction of sp³-hybridized carbons (Fsp3) is 0.364. The smallest absolute Gasteiger partial charge is 0.266 e. The average Bonchev–Trinajstić information content (AvgIpc) is 3.25. The number of carbonyl (C=O) groups excluding carboxylic acids is 2. The van der Waals surface area contributed by atoms with Crippen LogP contribution in [0.5, 0.6) is 0 Å². The second kappa shape index (κ2) is 8.41. The molecule has 2 amide bonds. The van der Waals surface area contributed by atoms with E-state index in [1.54, 1.807) is 18.0 Å². The molecule has 164 valence electrons. The Labute approximate surface area is 181 Å². The normalized spacial score (nSPS) is 20.8. The number of aliphatic hydroxyl groups excluding tert-OH is 1. The van der Waals surface area contributed by atoms with E-state index in [1.807, 2.05) is 35.1 Å². The summed E-state index contributed by atoms with van der Waals surface area (Å²) in [7, 11) is -2.13. The van der Waals surface area contributed by atoms with Crippen molar-refractivity contribution in [2.24, 2.45) is 0 Å². The summed E-state index contributed by atoms with van der Waals surface area (Å²) in [5, 5.41) is 9.86. The molecular formula is C22H25N3O5S. The molecule has 0 aromatic heterocycles. The van der Waals surface area contributed by atoms with Crippen molar-refractivity contribution >= 4 is 21.8 Å². The Hall–Kier alpha value is -2.75. The minimum Gasteiger partial charge on any atom is -0.392 e. The maximum Gasteiger partial charge on any atom is 0.266 e. The van der Waals surface area contributed by atoms with Crippen molar-refractivity contribution in [2.45, 2.75) is 29.9 Å². The highest BCUT2D eigenvalue weighted by Gasteiger charge is 2.33. The van der Waals surface area contributed by atoms with Gasteiger partial charge in [0.25, 0.3) is 15.9 Å². The molecule has 2 N–H and O–H groups in total. The maximum atomic E-state index is 13.1. The number of nitrogens with zero attached hydrogens (tertiary/aromatic N) is 2. The van der Waals surface area contributed by atoms with Crippen LogP contribution in [0.15, 0.2) is 53.4 Å². The third-order valence-corrected chi connectivity index (χ3v) is 7.26. The molecular weight excluding hydrogens is 418 g/mol. The highest BCUT2D eigenvalue weighted by atomic mass is 32.2. The van der Waals surface area contributed by atoms with E-state index in [0.717, 1.165) is 18.5 Å². The summed E-state index contributed by atoms with van der Waals surface area (Å²) in [6.45, 7) is 1.95. The molecule has 2 aromatic carbocycles. The predicted octanol–water partition coefficient (Wildman–Crippen LogP) is 0.928. The molecule has 0 saturated carbocycles. The van der Waals surface area contributed by atoms with E-state index in [2.05, 4.69) is 4.90 Å². The van der Waals surface area contributed by atoms with Crippen LogP contribution in [-0.4, -0.2) is 67.9 Å². The number of nitrogens with one attached hydrogen (secondary N) is 1. The van der Waals surface area contributed by atoms with E-state index in [0.29, 0.717) is 18.7 Å². The number of benzene rings is 2. The molecule has 1 fully saturated rings. The van der Waals surface area contributed by atoms with E-state index >= 15 is 0 Å². The van der Waals surface area contributed by atoms with Crippen LogP contribution in [0.3, 0.4) is 0 Å². The molecule has 0 radical (unpaired) electrons. The Bertz CT molecular complexity index is 1100. The summed E-state index contributed by atoms with van der Waals surface area (Å²) >= 11 is 0. The SMILES string of the molecule is CN(C(=O)Cc1ccc2c(c1)S(=O)(=O)NC2=O)C(CN1CC[C@H](O)C1)c1ccccc1. The number of rotatable bonds is 6. The Kier molecular flexibility index (Phi) is 5.83. The third-order valence-electron chi connectivity index (χ3n) is 5.89. The van der Waals surface area contributed by atoms with Gasteiger partial charge in [0.2, 0.25) is 5.91 Å². The van der Waals surface area contributed by atoms with Gasteiger partial charge in [-0.1, -0.05) is 36.4 Å². The van der Waals surface area contributed by atoms with E-state index in [4.69, 9.17) is 0 Å². The summed E-state index contributed by atoms with van der Waals surface area (Å²) in [4.78, 5) is 28.6. The fourth-order valence-electron chi connectivity index (χ4n) is 4.14. The Balaban J connectivity index is 1.54. The number of β-amino-alcohol motifs (C(OH)–C–C–N with tert-alkyl or cyclic N) is 1. The summed E-state index contributed by atoms with van der Waals surface area (Å²) in [6, 6.07) is 14.0. The number of likely N-dealkylation sites (tertiary alicyclic amines) is 1. The largest absolute Gasteiger partial charge is 0.392 e. The van der Waals surface area contributed by atoms with Gasteiger partial charge in [0, 0.05) is 26.7 Å². The first-order valence-corrected chi connectivity index (χ1v) is 11.6. The van der Waals surface area contributed by atoms with Gasteiger partial charge in [0.05, 0.1) is 24.1 Å². The summed E-state index contributed by atoms with van der Waals surface area (Å²) in [5.74, 6) is -0.815. The number of hydrogen-bond donors (Lipinski definition) is 2. The van der Waals surface area contributed by atoms with Crippen molar-refractivity contribution in [1.29, 1.82) is 0 Å². The Morgan fingerprint density at radius 2 is 2.00 bits per heavy atom. The second-order valence-corrected chi connectivity index (χ2v) is 9.73. The lowest BCUT2D eigenvalue weighted by Crippen LogP contribution is -2.39. The van der Waals surface area contributed by atoms with Gasteiger partial charge in [-0.15, -0.1) is 0 Å². The van der Waals surface area contributed by atoms with Crippen LogP contribution in [0.2, 0.25) is 0 Å². The first-order chi connectivity index (χ1) is 14.7. The van der Waals surface area contributed by atoms with Gasteiger partial charge in [-0.3, -0.25) is 14.5 Å². The van der Waals surface area contributed by atoms with Crippen molar-refractivity contribution in [3.8, 4) is 0 Å². The first-order valence-electron chi connectivity index (χ1n) is 10.2. The zero-order valence-corrected chi connectivity index (χ0v) is 18.0. The van der Waals surface area contributed by atoms with E-state index in [-0.39, 0.29) is 34.9 Å². The molecule has 0 bridgehead atoms. The van der Waals surface area contributed by atoms with Gasteiger partial charge in [-0.25, -0.2) is 13.1 Å². The summed E-state index contributed by atoms with van der Waals surface area (Å²) in [6.07, 6.45) is 0.386. The number of amides is 2. The molecule has 0 aliphatic carbocycles. The lowest BCUT2D eigenvalue weighted by molar-refractivity contribution is -0.131. The molecule has 31 heavy (non-hydrogen) atoms. The molecule has 1 unspecified atom stereocenters.